The molecule has 1 heterocycles. The number of aliphatic carboxylic acids is 1. The van der Waals surface area contributed by atoms with E-state index in [1.54, 1.807) is 11.8 Å². The highest BCUT2D eigenvalue weighted by molar-refractivity contribution is 5.76. The van der Waals surface area contributed by atoms with E-state index in [0.29, 0.717) is 13.0 Å². The van der Waals surface area contributed by atoms with E-state index in [9.17, 15) is 14.7 Å². The zero-order valence-electron chi connectivity index (χ0n) is 11.8. The van der Waals surface area contributed by atoms with Gasteiger partial charge in [0, 0.05) is 12.6 Å². The number of carbonyl (C=O) groups is 2. The Kier molecular flexibility index (Phi) is 5.17. The van der Waals surface area contributed by atoms with Crippen LogP contribution in [0.5, 0.6) is 0 Å². The number of nitrogens with zero attached hydrogens (tertiary/aromatic N) is 1. The molecule has 0 aromatic rings. The van der Waals surface area contributed by atoms with Crippen LogP contribution in [-0.2, 0) is 4.79 Å². The van der Waals surface area contributed by atoms with Crippen molar-refractivity contribution in [1.29, 1.82) is 0 Å². The van der Waals surface area contributed by atoms with Crippen LogP contribution >= 0.6 is 0 Å². The summed E-state index contributed by atoms with van der Waals surface area (Å²) in [6, 6.07) is -0.684. The number of hydrogen-bond donors (Lipinski definition) is 3. The number of carboxylic acid groups (broad SMARTS) is 1. The molecule has 110 valence electrons. The van der Waals surface area contributed by atoms with E-state index in [0.717, 1.165) is 6.42 Å². The van der Waals surface area contributed by atoms with E-state index >= 15 is 0 Å². The minimum Gasteiger partial charge on any atom is -0.481 e. The highest BCUT2D eigenvalue weighted by atomic mass is 16.4. The lowest BCUT2D eigenvalue weighted by Crippen LogP contribution is -2.54. The molecule has 2 atom stereocenters. The zero-order chi connectivity index (χ0) is 14.6. The van der Waals surface area contributed by atoms with Crippen LogP contribution < -0.4 is 5.32 Å². The molecule has 1 aliphatic rings. The van der Waals surface area contributed by atoms with Gasteiger partial charge in [-0.3, -0.25) is 4.79 Å². The SMILES string of the molecule is CC(C)C(CC(=O)O)NC(=O)N1CCCC(C)(O)C1. The number of amides is 2. The van der Waals surface area contributed by atoms with Crippen molar-refractivity contribution < 1.29 is 19.8 Å². The third kappa shape index (κ3) is 5.06. The summed E-state index contributed by atoms with van der Waals surface area (Å²) in [5.74, 6) is -0.880. The number of rotatable bonds is 4. The molecule has 1 fully saturated rings. The Morgan fingerprint density at radius 1 is 1.42 bits per heavy atom. The van der Waals surface area contributed by atoms with E-state index in [1.807, 2.05) is 13.8 Å². The number of nitrogens with one attached hydrogen (secondary N) is 1. The first-order valence-electron chi connectivity index (χ1n) is 6.71. The molecule has 0 aromatic heterocycles. The molecule has 19 heavy (non-hydrogen) atoms. The van der Waals surface area contributed by atoms with Gasteiger partial charge in [0.1, 0.15) is 0 Å². The van der Waals surface area contributed by atoms with Gasteiger partial charge < -0.3 is 20.4 Å². The molecular formula is C13H24N2O4. The van der Waals surface area contributed by atoms with Crippen molar-refractivity contribution in [3.63, 3.8) is 0 Å². The number of likely N-dealkylation sites (tertiary alicyclic amines) is 1. The minimum atomic E-state index is -0.926. The number of β-amino-alcohol motifs (C(OH)–C–C–N with tert-alkyl or cyclic N) is 1. The minimum absolute atomic E-state index is 0.0466. The number of urea groups is 1. The maximum Gasteiger partial charge on any atom is 0.317 e. The Morgan fingerprint density at radius 2 is 2.05 bits per heavy atom. The summed E-state index contributed by atoms with van der Waals surface area (Å²) < 4.78 is 0. The van der Waals surface area contributed by atoms with Crippen LogP contribution in [0.1, 0.15) is 40.0 Å². The lowest BCUT2D eigenvalue weighted by Gasteiger charge is -2.37. The Hall–Kier alpha value is -1.30. The van der Waals surface area contributed by atoms with Crippen LogP contribution in [0.3, 0.4) is 0 Å². The molecule has 1 aliphatic heterocycles. The van der Waals surface area contributed by atoms with Crippen LogP contribution in [0.2, 0.25) is 0 Å². The number of carboxylic acids is 1. The average molecular weight is 272 g/mol. The molecule has 2 amide bonds. The van der Waals surface area contributed by atoms with Crippen molar-refractivity contribution >= 4 is 12.0 Å². The van der Waals surface area contributed by atoms with Gasteiger partial charge in [-0.15, -0.1) is 0 Å². The number of hydrogen-bond acceptors (Lipinski definition) is 3. The van der Waals surface area contributed by atoms with E-state index in [2.05, 4.69) is 5.32 Å². The van der Waals surface area contributed by atoms with Gasteiger partial charge in [0.25, 0.3) is 0 Å². The van der Waals surface area contributed by atoms with E-state index in [1.165, 1.54) is 0 Å². The van der Waals surface area contributed by atoms with Crippen molar-refractivity contribution in [1.82, 2.24) is 10.2 Å². The highest BCUT2D eigenvalue weighted by Gasteiger charge is 2.32. The molecule has 3 N–H and O–H groups in total. The largest absolute Gasteiger partial charge is 0.481 e. The molecule has 6 heteroatoms. The normalized spacial score (nSPS) is 25.2. The molecule has 1 rings (SSSR count). The maximum absolute atomic E-state index is 12.1. The van der Waals surface area contributed by atoms with Gasteiger partial charge in [0.15, 0.2) is 0 Å². The van der Waals surface area contributed by atoms with Gasteiger partial charge in [0.05, 0.1) is 18.6 Å². The first kappa shape index (κ1) is 15.8. The number of piperidine rings is 1. The van der Waals surface area contributed by atoms with Gasteiger partial charge in [-0.25, -0.2) is 4.79 Å². The molecule has 6 nitrogen and oxygen atoms in total. The number of carbonyl (C=O) groups excluding carboxylic acids is 1. The van der Waals surface area contributed by atoms with Crippen molar-refractivity contribution in [2.45, 2.75) is 51.7 Å². The fourth-order valence-electron chi connectivity index (χ4n) is 2.28. The standard InChI is InChI=1S/C13H24N2O4/c1-9(2)10(7-11(16)17)14-12(18)15-6-4-5-13(3,19)8-15/h9-10,19H,4-8H2,1-3H3,(H,14,18)(H,16,17). The summed E-state index contributed by atoms with van der Waals surface area (Å²) in [7, 11) is 0. The van der Waals surface area contributed by atoms with Crippen LogP contribution in [0, 0.1) is 5.92 Å². The molecule has 0 radical (unpaired) electrons. The highest BCUT2D eigenvalue weighted by Crippen LogP contribution is 2.20. The number of aliphatic hydroxyl groups is 1. The lowest BCUT2D eigenvalue weighted by atomic mass is 9.95. The second-order valence-electron chi connectivity index (χ2n) is 5.92. The third-order valence-electron chi connectivity index (χ3n) is 3.47. The van der Waals surface area contributed by atoms with Gasteiger partial charge in [-0.05, 0) is 25.7 Å². The third-order valence-corrected chi connectivity index (χ3v) is 3.47. The first-order chi connectivity index (χ1) is 8.71. The van der Waals surface area contributed by atoms with Gasteiger partial charge in [-0.2, -0.15) is 0 Å². The van der Waals surface area contributed by atoms with Crippen LogP contribution in [0.4, 0.5) is 4.79 Å². The van der Waals surface area contributed by atoms with Crippen LogP contribution in [-0.4, -0.2) is 51.8 Å². The Bertz CT molecular complexity index is 342. The summed E-state index contributed by atoms with van der Waals surface area (Å²) in [5.41, 5.74) is -0.851. The monoisotopic (exact) mass is 272 g/mol. The molecule has 0 bridgehead atoms. The summed E-state index contributed by atoms with van der Waals surface area (Å²) in [4.78, 5) is 24.4. The Labute approximate surface area is 113 Å². The van der Waals surface area contributed by atoms with Gasteiger partial charge >= 0.3 is 12.0 Å². The fraction of sp³-hybridized carbons (Fsp3) is 0.846. The fourth-order valence-corrected chi connectivity index (χ4v) is 2.28. The van der Waals surface area contributed by atoms with Crippen molar-refractivity contribution in [2.75, 3.05) is 13.1 Å². The topological polar surface area (TPSA) is 89.9 Å². The van der Waals surface area contributed by atoms with Gasteiger partial charge in [-0.1, -0.05) is 13.8 Å². The predicted octanol–water partition coefficient (Wildman–Crippen LogP) is 1.04. The van der Waals surface area contributed by atoms with Crippen molar-refractivity contribution in [3.8, 4) is 0 Å². The summed E-state index contributed by atoms with van der Waals surface area (Å²) in [6.45, 7) is 6.35. The molecule has 0 aliphatic carbocycles. The lowest BCUT2D eigenvalue weighted by molar-refractivity contribution is -0.137. The molecule has 0 spiro atoms. The quantitative estimate of drug-likeness (QED) is 0.713. The molecule has 0 aromatic carbocycles. The Balaban J connectivity index is 2.59. The summed E-state index contributed by atoms with van der Waals surface area (Å²) >= 11 is 0. The van der Waals surface area contributed by atoms with Crippen molar-refractivity contribution in [2.24, 2.45) is 5.92 Å². The predicted molar refractivity (Wildman–Crippen MR) is 70.8 cm³/mol. The smallest absolute Gasteiger partial charge is 0.317 e. The molecule has 1 saturated heterocycles. The maximum atomic E-state index is 12.1. The van der Waals surface area contributed by atoms with Crippen molar-refractivity contribution in [3.05, 3.63) is 0 Å². The van der Waals surface area contributed by atoms with E-state index in [4.69, 9.17) is 5.11 Å². The second kappa shape index (κ2) is 6.23. The summed E-state index contributed by atoms with van der Waals surface area (Å²) in [6.07, 6.45) is 1.35. The van der Waals surface area contributed by atoms with E-state index < -0.39 is 17.6 Å². The molecule has 2 unspecified atom stereocenters. The van der Waals surface area contributed by atoms with Gasteiger partial charge in [0.2, 0.25) is 0 Å². The van der Waals surface area contributed by atoms with Crippen LogP contribution in [0.15, 0.2) is 0 Å². The molecular weight excluding hydrogens is 248 g/mol. The second-order valence-corrected chi connectivity index (χ2v) is 5.92. The Morgan fingerprint density at radius 3 is 2.53 bits per heavy atom. The summed E-state index contributed by atoms with van der Waals surface area (Å²) in [5, 5.41) is 21.6. The molecule has 0 saturated carbocycles. The van der Waals surface area contributed by atoms with E-state index in [-0.39, 0.29) is 24.9 Å². The zero-order valence-corrected chi connectivity index (χ0v) is 11.8. The van der Waals surface area contributed by atoms with Crippen LogP contribution in [0.25, 0.3) is 0 Å². The average Bonchev–Trinajstić information content (AvgIpc) is 2.25. The first-order valence-corrected chi connectivity index (χ1v) is 6.71.